The molecule has 0 heterocycles. The van der Waals surface area contributed by atoms with Crippen molar-refractivity contribution in [2.45, 2.75) is 5.41 Å². The Hall–Kier alpha value is -6.01. The van der Waals surface area contributed by atoms with E-state index in [0.29, 0.717) is 39.9 Å². The van der Waals surface area contributed by atoms with Gasteiger partial charge in [-0.3, -0.25) is 0 Å². The van der Waals surface area contributed by atoms with E-state index in [-0.39, 0.29) is 5.56 Å². The van der Waals surface area contributed by atoms with Crippen molar-refractivity contribution in [2.75, 3.05) is 11.5 Å². The molecule has 0 saturated carbocycles. The predicted molar refractivity (Wildman–Crippen MR) is 173 cm³/mol. The molecule has 6 aromatic carbocycles. The number of anilines is 2. The molecule has 7 rings (SSSR count). The highest BCUT2D eigenvalue weighted by molar-refractivity contribution is 6.01. The maximum absolute atomic E-state index is 12.5. The van der Waals surface area contributed by atoms with Crippen LogP contribution in [-0.4, -0.2) is 11.1 Å². The number of aromatic carboxylic acids is 1. The highest BCUT2D eigenvalue weighted by atomic mass is 16.5. The first-order chi connectivity index (χ1) is 21.5. The highest BCUT2D eigenvalue weighted by Crippen LogP contribution is 2.57. The molecule has 1 aliphatic rings. The molecule has 0 radical (unpaired) electrons. The van der Waals surface area contributed by atoms with Crippen LogP contribution in [0.3, 0.4) is 0 Å². The summed E-state index contributed by atoms with van der Waals surface area (Å²) in [6, 6.07) is 44.0. The lowest BCUT2D eigenvalue weighted by Crippen LogP contribution is -2.28. The van der Waals surface area contributed by atoms with E-state index in [1.165, 1.54) is 0 Å². The van der Waals surface area contributed by atoms with Crippen molar-refractivity contribution < 1.29 is 19.4 Å². The number of rotatable bonds is 7. The van der Waals surface area contributed by atoms with E-state index >= 15 is 0 Å². The van der Waals surface area contributed by atoms with Crippen molar-refractivity contribution in [3.63, 3.8) is 0 Å². The summed E-state index contributed by atoms with van der Waals surface area (Å²) in [5, 5.41) is 10.2. The van der Waals surface area contributed by atoms with Crippen molar-refractivity contribution in [3.8, 4) is 34.1 Å². The first-order valence-corrected chi connectivity index (χ1v) is 14.2. The van der Waals surface area contributed by atoms with E-state index < -0.39 is 11.4 Å². The topological polar surface area (TPSA) is 108 Å². The highest BCUT2D eigenvalue weighted by Gasteiger charge is 2.47. The summed E-state index contributed by atoms with van der Waals surface area (Å²) in [5.41, 5.74) is 18.2. The number of fused-ring (bicyclic) bond motifs is 3. The Bertz CT molecular complexity index is 1930. The van der Waals surface area contributed by atoms with Crippen LogP contribution in [0.1, 0.15) is 32.6 Å². The van der Waals surface area contributed by atoms with Crippen LogP contribution in [0.4, 0.5) is 11.4 Å². The Balaban J connectivity index is 1.41. The minimum absolute atomic E-state index is 0.260. The van der Waals surface area contributed by atoms with Crippen LogP contribution < -0.4 is 20.9 Å². The normalized spacial score (nSPS) is 12.6. The van der Waals surface area contributed by atoms with E-state index in [4.69, 9.17) is 20.9 Å². The molecule has 0 amide bonds. The lowest BCUT2D eigenvalue weighted by molar-refractivity contribution is 0.0697. The van der Waals surface area contributed by atoms with Gasteiger partial charge in [0.25, 0.3) is 0 Å². The molecule has 44 heavy (non-hydrogen) atoms. The minimum Gasteiger partial charge on any atom is -0.478 e. The summed E-state index contributed by atoms with van der Waals surface area (Å²) in [4.78, 5) is 12.5. The number of ether oxygens (including phenoxy) is 2. The largest absolute Gasteiger partial charge is 0.478 e. The van der Waals surface area contributed by atoms with Crippen molar-refractivity contribution >= 4 is 17.3 Å². The Labute approximate surface area is 254 Å². The monoisotopic (exact) mass is 576 g/mol. The van der Waals surface area contributed by atoms with Crippen LogP contribution in [-0.2, 0) is 5.41 Å². The van der Waals surface area contributed by atoms with Gasteiger partial charge in [0.05, 0.1) is 22.4 Å². The van der Waals surface area contributed by atoms with Gasteiger partial charge in [0.2, 0.25) is 0 Å². The maximum atomic E-state index is 12.5. The summed E-state index contributed by atoms with van der Waals surface area (Å²) in [5.74, 6) is 1.45. The van der Waals surface area contributed by atoms with Gasteiger partial charge < -0.3 is 26.0 Å². The van der Waals surface area contributed by atoms with E-state index in [1.54, 1.807) is 18.2 Å². The average molecular weight is 577 g/mol. The molecule has 0 saturated heterocycles. The lowest BCUT2D eigenvalue weighted by atomic mass is 9.67. The van der Waals surface area contributed by atoms with Gasteiger partial charge in [-0.2, -0.15) is 0 Å². The van der Waals surface area contributed by atoms with Crippen LogP contribution in [0.2, 0.25) is 0 Å². The molecule has 6 aromatic rings. The van der Waals surface area contributed by atoms with Gasteiger partial charge in [-0.05, 0) is 82.4 Å². The molecule has 0 fully saturated rings. The zero-order chi connectivity index (χ0) is 30.3. The fourth-order valence-electron chi connectivity index (χ4n) is 6.24. The first-order valence-electron chi connectivity index (χ1n) is 14.2. The zero-order valence-electron chi connectivity index (χ0n) is 23.6. The van der Waals surface area contributed by atoms with Gasteiger partial charge >= 0.3 is 5.97 Å². The molecule has 0 atom stereocenters. The number of para-hydroxylation sites is 4. The van der Waals surface area contributed by atoms with Crippen molar-refractivity contribution in [2.24, 2.45) is 0 Å². The Morgan fingerprint density at radius 2 is 1.02 bits per heavy atom. The minimum atomic E-state index is -0.971. The number of nitrogen functional groups attached to an aromatic ring is 2. The van der Waals surface area contributed by atoms with E-state index in [9.17, 15) is 9.90 Å². The van der Waals surface area contributed by atoms with E-state index in [2.05, 4.69) is 6.07 Å². The number of carboxylic acids is 1. The van der Waals surface area contributed by atoms with E-state index in [1.807, 2.05) is 115 Å². The first kappa shape index (κ1) is 26.9. The van der Waals surface area contributed by atoms with Crippen LogP contribution in [0.25, 0.3) is 11.1 Å². The van der Waals surface area contributed by atoms with Gasteiger partial charge in [-0.1, -0.05) is 84.9 Å². The van der Waals surface area contributed by atoms with Gasteiger partial charge in [0.15, 0.2) is 0 Å². The SMILES string of the molecule is Nc1ccccc1Oc1ccc(C2(c3ccc(Oc4ccccc4N)cc3)c3ccccc3-c3c(C(=O)O)cccc32)cc1. The fraction of sp³-hybridized carbons (Fsp3) is 0.0263. The summed E-state index contributed by atoms with van der Waals surface area (Å²) < 4.78 is 12.2. The molecule has 0 aliphatic heterocycles. The van der Waals surface area contributed by atoms with Crippen molar-refractivity contribution in [3.05, 3.63) is 167 Å². The van der Waals surface area contributed by atoms with Gasteiger partial charge in [-0.15, -0.1) is 0 Å². The summed E-state index contributed by atoms with van der Waals surface area (Å²) in [6.07, 6.45) is 0. The second-order valence-corrected chi connectivity index (χ2v) is 10.7. The number of benzene rings is 6. The second-order valence-electron chi connectivity index (χ2n) is 10.7. The second kappa shape index (κ2) is 10.7. The predicted octanol–water partition coefficient (Wildman–Crippen LogP) is 8.50. The Kier molecular flexibility index (Phi) is 6.52. The summed E-state index contributed by atoms with van der Waals surface area (Å²) in [6.45, 7) is 0. The van der Waals surface area contributed by atoms with Gasteiger partial charge in [0, 0.05) is 5.56 Å². The third-order valence-electron chi connectivity index (χ3n) is 8.17. The van der Waals surface area contributed by atoms with Crippen LogP contribution >= 0.6 is 0 Å². The molecule has 6 nitrogen and oxygen atoms in total. The molecule has 0 spiro atoms. The zero-order valence-corrected chi connectivity index (χ0v) is 23.6. The van der Waals surface area contributed by atoms with Gasteiger partial charge in [0.1, 0.15) is 23.0 Å². The number of carboxylic acid groups (broad SMARTS) is 1. The molecule has 1 aliphatic carbocycles. The quantitative estimate of drug-likeness (QED) is 0.164. The number of carbonyl (C=O) groups is 1. The molecular weight excluding hydrogens is 548 g/mol. The third-order valence-corrected chi connectivity index (χ3v) is 8.17. The molecule has 6 heteroatoms. The third kappa shape index (κ3) is 4.32. The molecule has 0 bridgehead atoms. The molecule has 214 valence electrons. The van der Waals surface area contributed by atoms with Crippen molar-refractivity contribution in [1.29, 1.82) is 0 Å². The average Bonchev–Trinajstić information content (AvgIpc) is 3.35. The summed E-state index contributed by atoms with van der Waals surface area (Å²) >= 11 is 0. The lowest BCUT2D eigenvalue weighted by Gasteiger charge is -2.34. The maximum Gasteiger partial charge on any atom is 0.336 e. The van der Waals surface area contributed by atoms with Crippen LogP contribution in [0, 0.1) is 0 Å². The van der Waals surface area contributed by atoms with Crippen LogP contribution in [0.15, 0.2) is 140 Å². The Morgan fingerprint density at radius 3 is 1.55 bits per heavy atom. The van der Waals surface area contributed by atoms with E-state index in [0.717, 1.165) is 27.8 Å². The molecular formula is C38H28N2O4. The number of nitrogens with two attached hydrogens (primary N) is 2. The molecule has 5 N–H and O–H groups in total. The fourth-order valence-corrected chi connectivity index (χ4v) is 6.24. The number of hydrogen-bond donors (Lipinski definition) is 3. The van der Waals surface area contributed by atoms with Crippen molar-refractivity contribution in [1.82, 2.24) is 0 Å². The molecule has 0 unspecified atom stereocenters. The Morgan fingerprint density at radius 1 is 0.545 bits per heavy atom. The van der Waals surface area contributed by atoms with Crippen LogP contribution in [0.5, 0.6) is 23.0 Å². The molecule has 0 aromatic heterocycles. The van der Waals surface area contributed by atoms with Gasteiger partial charge in [-0.25, -0.2) is 4.79 Å². The summed E-state index contributed by atoms with van der Waals surface area (Å²) in [7, 11) is 0. The number of hydrogen-bond acceptors (Lipinski definition) is 5. The standard InChI is InChI=1S/C38H28N2O4/c39-32-12-3-5-14-34(32)43-26-20-16-24(17-21-26)38(25-18-22-27(23-19-25)44-35-15-6-4-13-33(35)40)30-10-2-1-8-28(30)36-29(37(41)42)9-7-11-31(36)38/h1-23H,39-40H2,(H,41,42). The smallest absolute Gasteiger partial charge is 0.336 e.